The fourth-order valence-corrected chi connectivity index (χ4v) is 2.01. The summed E-state index contributed by atoms with van der Waals surface area (Å²) < 4.78 is 0. The zero-order chi connectivity index (χ0) is 16.4. The first-order chi connectivity index (χ1) is 9.55. The molecule has 1 aromatic carbocycles. The first kappa shape index (κ1) is 16.9. The Balaban J connectivity index is 3.40. The highest BCUT2D eigenvalue weighted by Gasteiger charge is 2.34. The molecule has 1 rings (SSSR count). The molecule has 8 heteroatoms. The molecule has 0 saturated carbocycles. The van der Waals surface area contributed by atoms with E-state index < -0.39 is 34.6 Å². The Morgan fingerprint density at radius 2 is 1.95 bits per heavy atom. The van der Waals surface area contributed by atoms with Crippen LogP contribution in [0.25, 0.3) is 0 Å². The number of nitro groups is 1. The first-order valence-electron chi connectivity index (χ1n) is 6.02. The van der Waals surface area contributed by atoms with Crippen LogP contribution >= 0.6 is 11.6 Å². The van der Waals surface area contributed by atoms with Crippen LogP contribution in [-0.2, 0) is 4.79 Å². The molecule has 1 amide bonds. The molecule has 0 unspecified atom stereocenters. The predicted octanol–water partition coefficient (Wildman–Crippen LogP) is 2.57. The number of aliphatic carboxylic acids is 1. The number of hydrogen-bond acceptors (Lipinski definition) is 4. The molecule has 0 aromatic heterocycles. The van der Waals surface area contributed by atoms with E-state index in [1.165, 1.54) is 12.1 Å². The van der Waals surface area contributed by atoms with E-state index >= 15 is 0 Å². The third-order valence-electron chi connectivity index (χ3n) is 2.75. The topological polar surface area (TPSA) is 101 Å². The van der Waals surface area contributed by atoms with E-state index in [0.29, 0.717) is 0 Å². The molecule has 0 heterocycles. The van der Waals surface area contributed by atoms with Crippen molar-refractivity contribution in [3.05, 3.63) is 38.9 Å². The highest BCUT2D eigenvalue weighted by atomic mass is 35.5. The summed E-state index contributed by atoms with van der Waals surface area (Å²) in [5.41, 5.74) is -1.59. The number of amides is 1. The van der Waals surface area contributed by atoms with Crippen LogP contribution < -0.4 is 0 Å². The van der Waals surface area contributed by atoms with Crippen LogP contribution in [0.15, 0.2) is 18.2 Å². The van der Waals surface area contributed by atoms with Gasteiger partial charge in [-0.15, -0.1) is 0 Å². The van der Waals surface area contributed by atoms with Gasteiger partial charge in [-0.2, -0.15) is 0 Å². The maximum atomic E-state index is 12.5. The maximum absolute atomic E-state index is 12.5. The summed E-state index contributed by atoms with van der Waals surface area (Å²) in [4.78, 5) is 34.8. The third-order valence-corrected chi connectivity index (χ3v) is 3.07. The van der Waals surface area contributed by atoms with Crippen molar-refractivity contribution in [2.75, 3.05) is 6.54 Å². The van der Waals surface area contributed by atoms with Gasteiger partial charge in [0.2, 0.25) is 0 Å². The minimum absolute atomic E-state index is 0.0890. The second-order valence-corrected chi connectivity index (χ2v) is 5.75. The van der Waals surface area contributed by atoms with Crippen molar-refractivity contribution in [1.29, 1.82) is 0 Å². The average molecular weight is 315 g/mol. The standard InChI is InChI=1S/C13H15ClN2O5/c1-13(2,3)15(7-10(17)18)12(19)11-8(14)5-4-6-9(11)16(20)21/h4-6H,7H2,1-3H3,(H,17,18). The van der Waals surface area contributed by atoms with Gasteiger partial charge in [-0.05, 0) is 26.8 Å². The molecule has 0 aliphatic carbocycles. The van der Waals surface area contributed by atoms with Crippen molar-refractivity contribution >= 4 is 29.2 Å². The van der Waals surface area contributed by atoms with Gasteiger partial charge in [-0.3, -0.25) is 19.7 Å². The fourth-order valence-electron chi connectivity index (χ4n) is 1.76. The molecule has 0 fully saturated rings. The van der Waals surface area contributed by atoms with E-state index in [1.54, 1.807) is 20.8 Å². The summed E-state index contributed by atoms with van der Waals surface area (Å²) in [5.74, 6) is -2.00. The Hall–Kier alpha value is -2.15. The highest BCUT2D eigenvalue weighted by molar-refractivity contribution is 6.34. The molecule has 0 bridgehead atoms. The fraction of sp³-hybridized carbons (Fsp3) is 0.385. The van der Waals surface area contributed by atoms with Gasteiger partial charge in [0.05, 0.1) is 9.95 Å². The van der Waals surface area contributed by atoms with Gasteiger partial charge in [-0.1, -0.05) is 17.7 Å². The van der Waals surface area contributed by atoms with Crippen LogP contribution in [0.2, 0.25) is 5.02 Å². The van der Waals surface area contributed by atoms with Gasteiger partial charge >= 0.3 is 5.97 Å². The minimum Gasteiger partial charge on any atom is -0.480 e. The highest BCUT2D eigenvalue weighted by Crippen LogP contribution is 2.29. The number of hydrogen-bond donors (Lipinski definition) is 1. The van der Waals surface area contributed by atoms with Gasteiger partial charge < -0.3 is 10.0 Å². The third kappa shape index (κ3) is 3.91. The number of carbonyl (C=O) groups is 2. The Kier molecular flexibility index (Phi) is 4.90. The second-order valence-electron chi connectivity index (χ2n) is 5.35. The number of rotatable bonds is 4. The zero-order valence-electron chi connectivity index (χ0n) is 11.8. The number of nitrogens with zero attached hydrogens (tertiary/aromatic N) is 2. The van der Waals surface area contributed by atoms with E-state index in [-0.39, 0.29) is 10.6 Å². The molecule has 7 nitrogen and oxygen atoms in total. The normalized spacial score (nSPS) is 11.0. The molecule has 0 saturated heterocycles. The number of carbonyl (C=O) groups excluding carboxylic acids is 1. The van der Waals surface area contributed by atoms with Crippen LogP contribution in [0.4, 0.5) is 5.69 Å². The van der Waals surface area contributed by atoms with Crippen LogP contribution in [0.5, 0.6) is 0 Å². The average Bonchev–Trinajstić information content (AvgIpc) is 2.33. The zero-order valence-corrected chi connectivity index (χ0v) is 12.5. The quantitative estimate of drug-likeness (QED) is 0.680. The molecule has 0 radical (unpaired) electrons. The van der Waals surface area contributed by atoms with Gasteiger partial charge in [0, 0.05) is 11.6 Å². The lowest BCUT2D eigenvalue weighted by Gasteiger charge is -2.34. The van der Waals surface area contributed by atoms with Crippen LogP contribution in [0, 0.1) is 10.1 Å². The second kappa shape index (κ2) is 6.09. The molecule has 0 spiro atoms. The van der Waals surface area contributed by atoms with E-state index in [1.807, 2.05) is 0 Å². The van der Waals surface area contributed by atoms with Crippen molar-refractivity contribution in [3.63, 3.8) is 0 Å². The molecule has 0 atom stereocenters. The van der Waals surface area contributed by atoms with Crippen LogP contribution in [0.1, 0.15) is 31.1 Å². The molecule has 114 valence electrons. The number of nitro benzene ring substituents is 1. The Labute approximate surface area is 126 Å². The Bertz CT molecular complexity index is 595. The van der Waals surface area contributed by atoms with Crippen LogP contribution in [-0.4, -0.2) is 38.9 Å². The lowest BCUT2D eigenvalue weighted by molar-refractivity contribution is -0.385. The van der Waals surface area contributed by atoms with Crippen molar-refractivity contribution in [3.8, 4) is 0 Å². The summed E-state index contributed by atoms with van der Waals surface area (Å²) in [6.45, 7) is 4.33. The van der Waals surface area contributed by atoms with Gasteiger partial charge in [0.15, 0.2) is 0 Å². The monoisotopic (exact) mass is 314 g/mol. The number of carboxylic acids is 1. The van der Waals surface area contributed by atoms with Crippen molar-refractivity contribution in [1.82, 2.24) is 4.90 Å². The van der Waals surface area contributed by atoms with Crippen molar-refractivity contribution in [2.45, 2.75) is 26.3 Å². The number of halogens is 1. The lowest BCUT2D eigenvalue weighted by Crippen LogP contribution is -2.48. The Morgan fingerprint density at radius 1 is 1.38 bits per heavy atom. The lowest BCUT2D eigenvalue weighted by atomic mass is 10.0. The molecular formula is C13H15ClN2O5. The molecule has 0 aliphatic heterocycles. The molecular weight excluding hydrogens is 300 g/mol. The van der Waals surface area contributed by atoms with Gasteiger partial charge in [0.1, 0.15) is 12.1 Å². The van der Waals surface area contributed by atoms with Gasteiger partial charge in [-0.25, -0.2) is 0 Å². The largest absolute Gasteiger partial charge is 0.480 e. The van der Waals surface area contributed by atoms with Crippen molar-refractivity contribution < 1.29 is 19.6 Å². The van der Waals surface area contributed by atoms with Gasteiger partial charge in [0.25, 0.3) is 11.6 Å². The number of carboxylic acid groups (broad SMARTS) is 1. The maximum Gasteiger partial charge on any atom is 0.323 e. The molecule has 1 N–H and O–H groups in total. The summed E-state index contributed by atoms with van der Waals surface area (Å²) >= 11 is 5.90. The Morgan fingerprint density at radius 3 is 2.38 bits per heavy atom. The van der Waals surface area contributed by atoms with Crippen LogP contribution in [0.3, 0.4) is 0 Å². The first-order valence-corrected chi connectivity index (χ1v) is 6.40. The van der Waals surface area contributed by atoms with Crippen molar-refractivity contribution in [2.24, 2.45) is 0 Å². The molecule has 1 aromatic rings. The number of benzene rings is 1. The molecule has 21 heavy (non-hydrogen) atoms. The summed E-state index contributed by atoms with van der Waals surface area (Å²) in [6.07, 6.45) is 0. The summed E-state index contributed by atoms with van der Waals surface area (Å²) in [6, 6.07) is 3.86. The minimum atomic E-state index is -1.21. The van der Waals surface area contributed by atoms with E-state index in [0.717, 1.165) is 11.0 Å². The van der Waals surface area contributed by atoms with E-state index in [2.05, 4.69) is 0 Å². The molecule has 0 aliphatic rings. The van der Waals surface area contributed by atoms with E-state index in [4.69, 9.17) is 16.7 Å². The SMILES string of the molecule is CC(C)(C)N(CC(=O)O)C(=O)c1c(Cl)cccc1[N+](=O)[O-]. The van der Waals surface area contributed by atoms with E-state index in [9.17, 15) is 19.7 Å². The predicted molar refractivity (Wildman–Crippen MR) is 76.5 cm³/mol. The summed E-state index contributed by atoms with van der Waals surface area (Å²) in [5, 5.41) is 19.9. The summed E-state index contributed by atoms with van der Waals surface area (Å²) in [7, 11) is 0. The smallest absolute Gasteiger partial charge is 0.323 e.